The number of para-hydroxylation sites is 1. The van der Waals surface area contributed by atoms with Crippen LogP contribution in [0.25, 0.3) is 0 Å². The van der Waals surface area contributed by atoms with Crippen LogP contribution in [0.1, 0.15) is 32.6 Å². The topological polar surface area (TPSA) is 71.0 Å². The summed E-state index contributed by atoms with van der Waals surface area (Å²) in [6.07, 6.45) is 2.71. The number of hydrazone groups is 1. The number of ether oxygens (including phenoxy) is 1. The summed E-state index contributed by atoms with van der Waals surface area (Å²) in [6.45, 7) is 2.69. The second-order valence-corrected chi connectivity index (χ2v) is 5.90. The molecule has 1 aromatic rings. The number of benzene rings is 1. The van der Waals surface area contributed by atoms with E-state index in [4.69, 9.17) is 4.74 Å². The minimum absolute atomic E-state index is 0.0597. The highest BCUT2D eigenvalue weighted by Crippen LogP contribution is 2.20. The molecule has 6 nitrogen and oxygen atoms in total. The van der Waals surface area contributed by atoms with Gasteiger partial charge in [-0.15, -0.1) is 0 Å². The SMILES string of the molecule is C[C@H](NC(=O)C1=NN(c2ccccc2)C(=O)CC1)[C@H]1CCCO1. The number of carbonyl (C=O) groups excluding carboxylic acids is 2. The van der Waals surface area contributed by atoms with Crippen molar-refractivity contribution in [3.63, 3.8) is 0 Å². The predicted molar refractivity (Wildman–Crippen MR) is 87.2 cm³/mol. The molecule has 122 valence electrons. The normalized spacial score (nSPS) is 22.7. The molecule has 2 heterocycles. The van der Waals surface area contributed by atoms with E-state index < -0.39 is 0 Å². The molecule has 0 radical (unpaired) electrons. The molecule has 1 fully saturated rings. The Morgan fingerprint density at radius 1 is 1.35 bits per heavy atom. The molecule has 23 heavy (non-hydrogen) atoms. The first-order valence-electron chi connectivity index (χ1n) is 8.03. The van der Waals surface area contributed by atoms with E-state index in [1.54, 1.807) is 12.1 Å². The number of nitrogens with one attached hydrogen (secondary N) is 1. The zero-order valence-corrected chi connectivity index (χ0v) is 13.2. The van der Waals surface area contributed by atoms with Crippen LogP contribution in [0, 0.1) is 0 Å². The molecule has 1 aromatic carbocycles. The summed E-state index contributed by atoms with van der Waals surface area (Å²) in [5, 5.41) is 8.52. The molecule has 2 aliphatic rings. The fraction of sp³-hybridized carbons (Fsp3) is 0.471. The maximum Gasteiger partial charge on any atom is 0.267 e. The van der Waals surface area contributed by atoms with Gasteiger partial charge in [0.05, 0.1) is 17.8 Å². The van der Waals surface area contributed by atoms with Crippen molar-refractivity contribution in [2.45, 2.75) is 44.8 Å². The lowest BCUT2D eigenvalue weighted by Crippen LogP contribution is -2.46. The van der Waals surface area contributed by atoms with Gasteiger partial charge in [-0.25, -0.2) is 5.01 Å². The third kappa shape index (κ3) is 3.59. The molecule has 0 aromatic heterocycles. The maximum atomic E-state index is 12.4. The van der Waals surface area contributed by atoms with Gasteiger partial charge in [-0.1, -0.05) is 18.2 Å². The van der Waals surface area contributed by atoms with Crippen molar-refractivity contribution in [3.05, 3.63) is 30.3 Å². The number of nitrogens with zero attached hydrogens (tertiary/aromatic N) is 2. The van der Waals surface area contributed by atoms with Gasteiger partial charge < -0.3 is 10.1 Å². The molecule has 0 saturated carbocycles. The summed E-state index contributed by atoms with van der Waals surface area (Å²) < 4.78 is 5.59. The van der Waals surface area contributed by atoms with Crippen molar-refractivity contribution in [3.8, 4) is 0 Å². The molecular weight excluding hydrogens is 294 g/mol. The van der Waals surface area contributed by atoms with E-state index in [0.29, 0.717) is 17.8 Å². The molecule has 0 aliphatic carbocycles. The Hall–Kier alpha value is -2.21. The second-order valence-electron chi connectivity index (χ2n) is 5.90. The molecule has 1 N–H and O–H groups in total. The Balaban J connectivity index is 1.71. The van der Waals surface area contributed by atoms with Crippen LogP contribution in [0.2, 0.25) is 0 Å². The molecule has 1 saturated heterocycles. The largest absolute Gasteiger partial charge is 0.376 e. The van der Waals surface area contributed by atoms with Crippen molar-refractivity contribution in [2.75, 3.05) is 11.6 Å². The van der Waals surface area contributed by atoms with Crippen molar-refractivity contribution in [1.29, 1.82) is 0 Å². The Kier molecular flexibility index (Phi) is 4.71. The van der Waals surface area contributed by atoms with Gasteiger partial charge in [-0.05, 0) is 31.9 Å². The number of hydrogen-bond donors (Lipinski definition) is 1. The highest BCUT2D eigenvalue weighted by Gasteiger charge is 2.28. The van der Waals surface area contributed by atoms with E-state index in [9.17, 15) is 9.59 Å². The fourth-order valence-corrected chi connectivity index (χ4v) is 2.87. The predicted octanol–water partition coefficient (Wildman–Crippen LogP) is 1.85. The van der Waals surface area contributed by atoms with Gasteiger partial charge in [0.1, 0.15) is 5.71 Å². The van der Waals surface area contributed by atoms with Crippen LogP contribution >= 0.6 is 0 Å². The third-order valence-corrected chi connectivity index (χ3v) is 4.18. The van der Waals surface area contributed by atoms with E-state index in [2.05, 4.69) is 10.4 Å². The van der Waals surface area contributed by atoms with E-state index in [0.717, 1.165) is 19.4 Å². The average molecular weight is 315 g/mol. The first-order valence-corrected chi connectivity index (χ1v) is 8.03. The standard InChI is InChI=1S/C17H21N3O3/c1-12(15-8-5-11-23-15)18-17(22)14-9-10-16(21)20(19-14)13-6-3-2-4-7-13/h2-4,6-7,12,15H,5,8-11H2,1H3,(H,18,22)/t12-,15+/m0/s1. The minimum atomic E-state index is -0.221. The van der Waals surface area contributed by atoms with Crippen LogP contribution in [0.15, 0.2) is 35.4 Å². The zero-order chi connectivity index (χ0) is 16.2. The summed E-state index contributed by atoms with van der Waals surface area (Å²) >= 11 is 0. The van der Waals surface area contributed by atoms with Gasteiger partial charge in [-0.3, -0.25) is 9.59 Å². The number of rotatable bonds is 4. The second kappa shape index (κ2) is 6.91. The number of hydrogen-bond acceptors (Lipinski definition) is 4. The highest BCUT2D eigenvalue weighted by atomic mass is 16.5. The smallest absolute Gasteiger partial charge is 0.267 e. The molecule has 2 amide bonds. The quantitative estimate of drug-likeness (QED) is 0.922. The molecule has 3 rings (SSSR count). The third-order valence-electron chi connectivity index (χ3n) is 4.18. The van der Waals surface area contributed by atoms with Gasteiger partial charge >= 0.3 is 0 Å². The molecular formula is C17H21N3O3. The molecule has 0 unspecified atom stereocenters. The van der Waals surface area contributed by atoms with Crippen LogP contribution in [0.4, 0.5) is 5.69 Å². The number of carbonyl (C=O) groups is 2. The summed E-state index contributed by atoms with van der Waals surface area (Å²) in [5.41, 5.74) is 1.06. The van der Waals surface area contributed by atoms with Gasteiger partial charge in [0.2, 0.25) is 5.91 Å². The Morgan fingerprint density at radius 2 is 2.13 bits per heavy atom. The molecule has 0 spiro atoms. The summed E-state index contributed by atoms with van der Waals surface area (Å²) in [6, 6.07) is 9.10. The van der Waals surface area contributed by atoms with Gasteiger partial charge in [0.15, 0.2) is 0 Å². The summed E-state index contributed by atoms with van der Waals surface area (Å²) in [7, 11) is 0. The number of amides is 2. The first-order chi connectivity index (χ1) is 11.1. The van der Waals surface area contributed by atoms with Crippen LogP contribution < -0.4 is 10.3 Å². The average Bonchev–Trinajstić information content (AvgIpc) is 3.10. The van der Waals surface area contributed by atoms with Gasteiger partial charge in [0.25, 0.3) is 5.91 Å². The lowest BCUT2D eigenvalue weighted by atomic mass is 10.1. The molecule has 6 heteroatoms. The summed E-state index contributed by atoms with van der Waals surface area (Å²) in [5.74, 6) is -0.318. The fourth-order valence-electron chi connectivity index (χ4n) is 2.87. The Labute approximate surface area is 135 Å². The van der Waals surface area contributed by atoms with Crippen LogP contribution in [0.3, 0.4) is 0 Å². The lowest BCUT2D eigenvalue weighted by Gasteiger charge is -2.25. The van der Waals surface area contributed by atoms with Crippen LogP contribution in [-0.4, -0.2) is 36.3 Å². The van der Waals surface area contributed by atoms with E-state index >= 15 is 0 Å². The maximum absolute atomic E-state index is 12.4. The molecule has 2 atom stereocenters. The Bertz CT molecular complexity index is 609. The van der Waals surface area contributed by atoms with Crippen molar-refractivity contribution < 1.29 is 14.3 Å². The van der Waals surface area contributed by atoms with E-state index in [1.807, 2.05) is 25.1 Å². The van der Waals surface area contributed by atoms with Crippen molar-refractivity contribution >= 4 is 23.2 Å². The lowest BCUT2D eigenvalue weighted by molar-refractivity contribution is -0.119. The molecule has 2 aliphatic heterocycles. The Morgan fingerprint density at radius 3 is 2.83 bits per heavy atom. The minimum Gasteiger partial charge on any atom is -0.376 e. The van der Waals surface area contributed by atoms with Crippen LogP contribution in [0.5, 0.6) is 0 Å². The van der Waals surface area contributed by atoms with E-state index in [-0.39, 0.29) is 30.4 Å². The molecule has 0 bridgehead atoms. The van der Waals surface area contributed by atoms with Crippen LogP contribution in [-0.2, 0) is 14.3 Å². The van der Waals surface area contributed by atoms with Crippen molar-refractivity contribution in [1.82, 2.24) is 5.32 Å². The van der Waals surface area contributed by atoms with Gasteiger partial charge in [-0.2, -0.15) is 5.10 Å². The van der Waals surface area contributed by atoms with Crippen molar-refractivity contribution in [2.24, 2.45) is 5.10 Å². The first kappa shape index (κ1) is 15.7. The summed E-state index contributed by atoms with van der Waals surface area (Å²) in [4.78, 5) is 24.5. The van der Waals surface area contributed by atoms with Gasteiger partial charge in [0, 0.05) is 19.4 Å². The number of anilines is 1. The van der Waals surface area contributed by atoms with E-state index in [1.165, 1.54) is 5.01 Å². The zero-order valence-electron chi connectivity index (χ0n) is 13.2. The highest BCUT2D eigenvalue weighted by molar-refractivity contribution is 6.40. The monoisotopic (exact) mass is 315 g/mol.